The second-order valence-corrected chi connectivity index (χ2v) is 15.6. The second-order valence-electron chi connectivity index (χ2n) is 12.5. The Labute approximate surface area is 241 Å². The fraction of sp³-hybridized carbons (Fsp3) is 0.387. The quantitative estimate of drug-likeness (QED) is 0.101. The number of benzene rings is 3. The van der Waals surface area contributed by atoms with E-state index in [9.17, 15) is 0 Å². The Bertz CT molecular complexity index is 1520. The lowest BCUT2D eigenvalue weighted by molar-refractivity contribution is -0.673. The Morgan fingerprint density at radius 1 is 0.857 bits per heavy atom. The van der Waals surface area contributed by atoms with Crippen molar-refractivity contribution in [2.45, 2.75) is 71.1 Å². The standard InChI is InChI=1S/C31H34I2NS/c1-17-19-11-9-10-12-20(19)22(16-31(5,6)7)28-24(17)27-25-21(26(32)29(33)34(27)8)13-18(14-23(25)35-28)15-30(2,3)4/h9-14H,15-16H2,1-8H3/q+1. The summed E-state index contributed by atoms with van der Waals surface area (Å²) in [5.41, 5.74) is 7.63. The molecular formula is C31H34I2NS+. The number of nitrogens with zero attached hydrogens (tertiary/aromatic N) is 1. The zero-order valence-corrected chi connectivity index (χ0v) is 27.1. The van der Waals surface area contributed by atoms with Crippen molar-refractivity contribution in [2.24, 2.45) is 17.9 Å². The number of fused-ring (bicyclic) bond motifs is 3. The van der Waals surface area contributed by atoms with Crippen LogP contribution >= 0.6 is 56.9 Å². The molecule has 1 aliphatic heterocycles. The van der Waals surface area contributed by atoms with Crippen LogP contribution in [0.2, 0.25) is 0 Å². The molecule has 1 aromatic heterocycles. The molecule has 0 saturated carbocycles. The molecule has 1 nitrogen and oxygen atoms in total. The molecule has 0 N–H and O–H groups in total. The Hall–Kier alpha value is -0.860. The predicted octanol–water partition coefficient (Wildman–Crippen LogP) is 9.64. The predicted molar refractivity (Wildman–Crippen MR) is 169 cm³/mol. The molecule has 0 aliphatic carbocycles. The molecular weight excluding hydrogens is 672 g/mol. The lowest BCUT2D eigenvalue weighted by Crippen LogP contribution is -2.37. The zero-order chi connectivity index (χ0) is 25.4. The lowest BCUT2D eigenvalue weighted by atomic mass is 9.83. The van der Waals surface area contributed by atoms with Gasteiger partial charge in [0.05, 0.1) is 14.5 Å². The number of rotatable bonds is 2. The molecule has 0 fully saturated rings. The van der Waals surface area contributed by atoms with E-state index in [1.165, 1.54) is 66.6 Å². The van der Waals surface area contributed by atoms with Crippen molar-refractivity contribution in [1.82, 2.24) is 0 Å². The van der Waals surface area contributed by atoms with Gasteiger partial charge in [-0.15, -0.1) is 0 Å². The van der Waals surface area contributed by atoms with Gasteiger partial charge in [-0.3, -0.25) is 0 Å². The minimum atomic E-state index is 0.207. The molecule has 4 aromatic rings. The molecule has 0 spiro atoms. The van der Waals surface area contributed by atoms with Gasteiger partial charge in [-0.25, -0.2) is 0 Å². The minimum Gasteiger partial charge on any atom is -0.188 e. The molecule has 2 heterocycles. The van der Waals surface area contributed by atoms with Crippen LogP contribution in [-0.2, 0) is 19.9 Å². The highest BCUT2D eigenvalue weighted by Crippen LogP contribution is 2.53. The Balaban J connectivity index is 1.95. The molecule has 35 heavy (non-hydrogen) atoms. The largest absolute Gasteiger partial charge is 0.255 e. The maximum atomic E-state index is 2.57. The maximum Gasteiger partial charge on any atom is 0.255 e. The summed E-state index contributed by atoms with van der Waals surface area (Å²) in [6, 6.07) is 14.0. The van der Waals surface area contributed by atoms with Crippen molar-refractivity contribution in [3.8, 4) is 11.3 Å². The molecule has 0 saturated heterocycles. The molecule has 182 valence electrons. The molecule has 3 aromatic carbocycles. The summed E-state index contributed by atoms with van der Waals surface area (Å²) in [5, 5.41) is 5.63. The van der Waals surface area contributed by atoms with Crippen LogP contribution in [0, 0.1) is 25.0 Å². The fourth-order valence-electron chi connectivity index (χ4n) is 5.57. The van der Waals surface area contributed by atoms with Gasteiger partial charge in [0.25, 0.3) is 3.70 Å². The summed E-state index contributed by atoms with van der Waals surface area (Å²) in [5.74, 6) is 0. The molecule has 0 bridgehead atoms. The van der Waals surface area contributed by atoms with Gasteiger partial charge in [0, 0.05) is 37.8 Å². The third kappa shape index (κ3) is 4.54. The average molecular weight is 706 g/mol. The molecule has 0 amide bonds. The number of pyridine rings is 1. The van der Waals surface area contributed by atoms with Crippen molar-refractivity contribution in [2.75, 3.05) is 0 Å². The smallest absolute Gasteiger partial charge is 0.188 e. The van der Waals surface area contributed by atoms with Gasteiger partial charge in [0.2, 0.25) is 5.69 Å². The third-order valence-electron chi connectivity index (χ3n) is 6.87. The number of hydrogen-bond donors (Lipinski definition) is 0. The first-order chi connectivity index (χ1) is 16.3. The number of halogens is 2. The molecule has 0 atom stereocenters. The summed E-state index contributed by atoms with van der Waals surface area (Å²) >= 11 is 7.13. The molecule has 5 rings (SSSR count). The highest BCUT2D eigenvalue weighted by molar-refractivity contribution is 14.1. The van der Waals surface area contributed by atoms with Gasteiger partial charge < -0.3 is 0 Å². The second kappa shape index (κ2) is 8.87. The topological polar surface area (TPSA) is 3.88 Å². The number of hydrogen-bond acceptors (Lipinski definition) is 1. The average Bonchev–Trinajstić information content (AvgIpc) is 2.75. The maximum absolute atomic E-state index is 2.57. The van der Waals surface area contributed by atoms with E-state index in [1.54, 1.807) is 0 Å². The summed E-state index contributed by atoms with van der Waals surface area (Å²) in [6.07, 6.45) is 2.15. The van der Waals surface area contributed by atoms with Crippen molar-refractivity contribution in [1.29, 1.82) is 0 Å². The van der Waals surface area contributed by atoms with Crippen molar-refractivity contribution in [3.05, 3.63) is 60.4 Å². The number of aryl methyl sites for hydroxylation is 1. The van der Waals surface area contributed by atoms with Crippen molar-refractivity contribution < 1.29 is 4.57 Å². The highest BCUT2D eigenvalue weighted by Gasteiger charge is 2.35. The van der Waals surface area contributed by atoms with E-state index in [4.69, 9.17) is 0 Å². The monoisotopic (exact) mass is 706 g/mol. The van der Waals surface area contributed by atoms with Crippen LogP contribution in [0.25, 0.3) is 32.8 Å². The minimum absolute atomic E-state index is 0.207. The van der Waals surface area contributed by atoms with Crippen LogP contribution in [0.3, 0.4) is 0 Å². The lowest BCUT2D eigenvalue weighted by Gasteiger charge is -2.29. The van der Waals surface area contributed by atoms with Gasteiger partial charge in [-0.1, -0.05) is 77.6 Å². The van der Waals surface area contributed by atoms with Gasteiger partial charge in [0.15, 0.2) is 0 Å². The van der Waals surface area contributed by atoms with Crippen LogP contribution in [0.4, 0.5) is 0 Å². The van der Waals surface area contributed by atoms with Gasteiger partial charge in [0.1, 0.15) is 7.05 Å². The van der Waals surface area contributed by atoms with Gasteiger partial charge in [-0.2, -0.15) is 4.57 Å². The van der Waals surface area contributed by atoms with E-state index >= 15 is 0 Å². The first kappa shape index (κ1) is 25.8. The summed E-state index contributed by atoms with van der Waals surface area (Å²) in [4.78, 5) is 2.88. The molecule has 0 radical (unpaired) electrons. The van der Waals surface area contributed by atoms with Crippen molar-refractivity contribution >= 4 is 78.5 Å². The van der Waals surface area contributed by atoms with Gasteiger partial charge >= 0.3 is 0 Å². The number of aromatic nitrogens is 1. The summed E-state index contributed by atoms with van der Waals surface area (Å²) in [6.45, 7) is 16.4. The highest BCUT2D eigenvalue weighted by atomic mass is 127. The van der Waals surface area contributed by atoms with E-state index in [2.05, 4.69) is 142 Å². The third-order valence-corrected chi connectivity index (χ3v) is 11.5. The van der Waals surface area contributed by atoms with Crippen LogP contribution in [0.5, 0.6) is 0 Å². The van der Waals surface area contributed by atoms with E-state index < -0.39 is 0 Å². The van der Waals surface area contributed by atoms with E-state index in [-0.39, 0.29) is 10.8 Å². The van der Waals surface area contributed by atoms with Crippen molar-refractivity contribution in [3.63, 3.8) is 0 Å². The molecule has 0 unspecified atom stereocenters. The summed E-state index contributed by atoms with van der Waals surface area (Å²) < 4.78 is 5.12. The molecule has 1 aliphatic rings. The Morgan fingerprint density at radius 2 is 1.49 bits per heavy atom. The van der Waals surface area contributed by atoms with Crippen LogP contribution in [0.15, 0.2) is 46.2 Å². The van der Waals surface area contributed by atoms with Crippen LogP contribution < -0.4 is 4.57 Å². The van der Waals surface area contributed by atoms with E-state index in [0.717, 1.165) is 12.8 Å². The normalized spacial score (nSPS) is 13.5. The zero-order valence-electron chi connectivity index (χ0n) is 22.0. The first-order valence-electron chi connectivity index (χ1n) is 12.3. The Kier molecular flexibility index (Phi) is 6.53. The van der Waals surface area contributed by atoms with E-state index in [1.807, 2.05) is 11.8 Å². The Morgan fingerprint density at radius 3 is 2.11 bits per heavy atom. The van der Waals surface area contributed by atoms with E-state index in [0.29, 0.717) is 0 Å². The molecule has 4 heteroatoms. The van der Waals surface area contributed by atoms with Gasteiger partial charge in [-0.05, 0) is 92.8 Å². The first-order valence-corrected chi connectivity index (χ1v) is 15.3. The summed E-state index contributed by atoms with van der Waals surface area (Å²) in [7, 11) is 2.25. The van der Waals surface area contributed by atoms with Crippen LogP contribution in [-0.4, -0.2) is 0 Å². The SMILES string of the molecule is Cc1c2c(c(CC(C)(C)C)c3ccccc13)Sc1cc(CC(C)(C)C)cc3c(I)c(I)[n+](C)c-2c13. The van der Waals surface area contributed by atoms with Crippen LogP contribution in [0.1, 0.15) is 58.2 Å². The fourth-order valence-corrected chi connectivity index (χ4v) is 8.28.